The van der Waals surface area contributed by atoms with E-state index in [1.54, 1.807) is 13.0 Å². The van der Waals surface area contributed by atoms with Crippen molar-refractivity contribution in [2.45, 2.75) is 19.5 Å². The van der Waals surface area contributed by atoms with Crippen molar-refractivity contribution in [2.75, 3.05) is 7.11 Å². The molecule has 5 nitrogen and oxygen atoms in total. The predicted octanol–water partition coefficient (Wildman–Crippen LogP) is 0.749. The van der Waals surface area contributed by atoms with Gasteiger partial charge in [-0.2, -0.15) is 0 Å². The van der Waals surface area contributed by atoms with Crippen molar-refractivity contribution in [3.05, 3.63) is 23.8 Å². The predicted molar refractivity (Wildman–Crippen MR) is 58.1 cm³/mol. The van der Waals surface area contributed by atoms with Crippen molar-refractivity contribution in [3.63, 3.8) is 0 Å². The molecule has 5 heteroatoms. The number of esters is 1. The molecular formula is C11H15NO4. The summed E-state index contributed by atoms with van der Waals surface area (Å²) in [4.78, 5) is 11.1. The highest BCUT2D eigenvalue weighted by atomic mass is 16.5. The van der Waals surface area contributed by atoms with Crippen molar-refractivity contribution < 1.29 is 19.7 Å². The van der Waals surface area contributed by atoms with E-state index in [-0.39, 0.29) is 17.5 Å². The standard InChI is InChI=1S/C11H15NO4/c1-7(11(15)16-2)12-6-8-3-4-9(13)5-10(8)14/h3-5,7,12-14H,6H2,1-2H3. The van der Waals surface area contributed by atoms with Crippen LogP contribution in [0.3, 0.4) is 0 Å². The van der Waals surface area contributed by atoms with Gasteiger partial charge >= 0.3 is 5.97 Å². The topological polar surface area (TPSA) is 78.8 Å². The number of nitrogens with one attached hydrogen (secondary N) is 1. The largest absolute Gasteiger partial charge is 0.508 e. The number of benzene rings is 1. The molecule has 3 N–H and O–H groups in total. The highest BCUT2D eigenvalue weighted by Gasteiger charge is 2.12. The Balaban J connectivity index is 2.58. The maximum absolute atomic E-state index is 11.1. The first-order valence-electron chi connectivity index (χ1n) is 4.86. The van der Waals surface area contributed by atoms with Crippen LogP contribution in [0.1, 0.15) is 12.5 Å². The molecule has 88 valence electrons. The number of rotatable bonds is 4. The molecule has 0 bridgehead atoms. The maximum Gasteiger partial charge on any atom is 0.322 e. The van der Waals surface area contributed by atoms with Gasteiger partial charge in [-0.25, -0.2) is 0 Å². The molecule has 0 amide bonds. The van der Waals surface area contributed by atoms with Gasteiger partial charge in [0.1, 0.15) is 17.5 Å². The van der Waals surface area contributed by atoms with Gasteiger partial charge in [-0.1, -0.05) is 6.07 Å². The lowest BCUT2D eigenvalue weighted by Gasteiger charge is -2.12. The van der Waals surface area contributed by atoms with Gasteiger partial charge in [-0.05, 0) is 13.0 Å². The summed E-state index contributed by atoms with van der Waals surface area (Å²) < 4.78 is 4.55. The summed E-state index contributed by atoms with van der Waals surface area (Å²) in [6.07, 6.45) is 0. The van der Waals surface area contributed by atoms with Crippen LogP contribution < -0.4 is 5.32 Å². The van der Waals surface area contributed by atoms with E-state index in [1.165, 1.54) is 19.2 Å². The third-order valence-electron chi connectivity index (χ3n) is 2.22. The highest BCUT2D eigenvalue weighted by Crippen LogP contribution is 2.22. The Morgan fingerprint density at radius 2 is 2.19 bits per heavy atom. The van der Waals surface area contributed by atoms with Gasteiger partial charge in [0.15, 0.2) is 0 Å². The van der Waals surface area contributed by atoms with Crippen LogP contribution in [-0.2, 0) is 16.1 Å². The van der Waals surface area contributed by atoms with E-state index in [2.05, 4.69) is 10.1 Å². The molecule has 0 aliphatic heterocycles. The first kappa shape index (κ1) is 12.3. The third kappa shape index (κ3) is 3.13. The Morgan fingerprint density at radius 3 is 2.75 bits per heavy atom. The molecule has 1 rings (SSSR count). The van der Waals surface area contributed by atoms with Crippen LogP contribution in [0.25, 0.3) is 0 Å². The highest BCUT2D eigenvalue weighted by molar-refractivity contribution is 5.75. The fraction of sp³-hybridized carbons (Fsp3) is 0.364. The maximum atomic E-state index is 11.1. The van der Waals surface area contributed by atoms with Crippen LogP contribution in [0.5, 0.6) is 11.5 Å². The lowest BCUT2D eigenvalue weighted by Crippen LogP contribution is -2.34. The molecule has 0 spiro atoms. The second-order valence-corrected chi connectivity index (χ2v) is 3.44. The van der Waals surface area contributed by atoms with Crippen molar-refractivity contribution in [2.24, 2.45) is 0 Å². The monoisotopic (exact) mass is 225 g/mol. The van der Waals surface area contributed by atoms with Crippen LogP contribution in [0.15, 0.2) is 18.2 Å². The van der Waals surface area contributed by atoms with Crippen LogP contribution >= 0.6 is 0 Å². The minimum atomic E-state index is -0.446. The quantitative estimate of drug-likeness (QED) is 0.659. The molecule has 1 atom stereocenters. The van der Waals surface area contributed by atoms with Gasteiger partial charge < -0.3 is 20.3 Å². The normalized spacial score (nSPS) is 12.1. The minimum absolute atomic E-state index is 0.00210. The molecule has 0 aromatic heterocycles. The van der Waals surface area contributed by atoms with E-state index in [1.807, 2.05) is 0 Å². The summed E-state index contributed by atoms with van der Waals surface area (Å²) in [7, 11) is 1.32. The number of carbonyl (C=O) groups is 1. The van der Waals surface area contributed by atoms with Crippen LogP contribution in [0.4, 0.5) is 0 Å². The molecule has 0 saturated heterocycles. The van der Waals surface area contributed by atoms with Crippen molar-refractivity contribution in [3.8, 4) is 11.5 Å². The summed E-state index contributed by atoms with van der Waals surface area (Å²) in [6.45, 7) is 1.99. The molecule has 0 saturated carbocycles. The Morgan fingerprint density at radius 1 is 1.50 bits per heavy atom. The summed E-state index contributed by atoms with van der Waals surface area (Å²) in [5.74, 6) is -0.370. The SMILES string of the molecule is COC(=O)C(C)NCc1ccc(O)cc1O. The molecule has 1 aromatic rings. The Labute approximate surface area is 93.7 Å². The number of hydrogen-bond acceptors (Lipinski definition) is 5. The fourth-order valence-corrected chi connectivity index (χ4v) is 1.22. The van der Waals surface area contributed by atoms with Gasteiger partial charge in [-0.15, -0.1) is 0 Å². The second-order valence-electron chi connectivity index (χ2n) is 3.44. The smallest absolute Gasteiger partial charge is 0.322 e. The van der Waals surface area contributed by atoms with E-state index in [9.17, 15) is 9.90 Å². The molecule has 1 unspecified atom stereocenters. The van der Waals surface area contributed by atoms with E-state index < -0.39 is 6.04 Å². The minimum Gasteiger partial charge on any atom is -0.508 e. The fourth-order valence-electron chi connectivity index (χ4n) is 1.22. The lowest BCUT2D eigenvalue weighted by atomic mass is 10.2. The zero-order valence-corrected chi connectivity index (χ0v) is 9.23. The Hall–Kier alpha value is -1.75. The van der Waals surface area contributed by atoms with Gasteiger partial charge in [-0.3, -0.25) is 4.79 Å². The van der Waals surface area contributed by atoms with E-state index in [0.717, 1.165) is 0 Å². The molecular weight excluding hydrogens is 210 g/mol. The number of methoxy groups -OCH3 is 1. The van der Waals surface area contributed by atoms with Crippen molar-refractivity contribution in [1.82, 2.24) is 5.32 Å². The van der Waals surface area contributed by atoms with Crippen LogP contribution in [-0.4, -0.2) is 29.3 Å². The van der Waals surface area contributed by atoms with E-state index in [4.69, 9.17) is 5.11 Å². The molecule has 0 radical (unpaired) electrons. The molecule has 0 fully saturated rings. The lowest BCUT2D eigenvalue weighted by molar-refractivity contribution is -0.142. The summed E-state index contributed by atoms with van der Waals surface area (Å²) in [5.41, 5.74) is 0.605. The summed E-state index contributed by atoms with van der Waals surface area (Å²) in [6, 6.07) is 3.86. The van der Waals surface area contributed by atoms with Gasteiger partial charge in [0.05, 0.1) is 7.11 Å². The summed E-state index contributed by atoms with van der Waals surface area (Å²) in [5, 5.41) is 21.5. The number of phenols is 2. The Bertz CT molecular complexity index is 378. The summed E-state index contributed by atoms with van der Waals surface area (Å²) >= 11 is 0. The number of phenolic OH excluding ortho intramolecular Hbond substituents is 2. The zero-order valence-electron chi connectivity index (χ0n) is 9.23. The van der Waals surface area contributed by atoms with Gasteiger partial charge in [0, 0.05) is 18.2 Å². The van der Waals surface area contributed by atoms with E-state index in [0.29, 0.717) is 12.1 Å². The number of hydrogen-bond donors (Lipinski definition) is 3. The second kappa shape index (κ2) is 5.37. The molecule has 0 aliphatic carbocycles. The molecule has 0 heterocycles. The zero-order chi connectivity index (χ0) is 12.1. The number of ether oxygens (including phenoxy) is 1. The van der Waals surface area contributed by atoms with Crippen LogP contribution in [0.2, 0.25) is 0 Å². The van der Waals surface area contributed by atoms with Crippen LogP contribution in [0, 0.1) is 0 Å². The third-order valence-corrected chi connectivity index (χ3v) is 2.22. The van der Waals surface area contributed by atoms with Crippen molar-refractivity contribution >= 4 is 5.97 Å². The number of carbonyl (C=O) groups excluding carboxylic acids is 1. The average Bonchev–Trinajstić information content (AvgIpc) is 2.26. The van der Waals surface area contributed by atoms with E-state index >= 15 is 0 Å². The van der Waals surface area contributed by atoms with Gasteiger partial charge in [0.25, 0.3) is 0 Å². The molecule has 1 aromatic carbocycles. The molecule has 16 heavy (non-hydrogen) atoms. The number of aromatic hydroxyl groups is 2. The van der Waals surface area contributed by atoms with Crippen molar-refractivity contribution in [1.29, 1.82) is 0 Å². The van der Waals surface area contributed by atoms with Gasteiger partial charge in [0.2, 0.25) is 0 Å². The average molecular weight is 225 g/mol. The first-order valence-corrected chi connectivity index (χ1v) is 4.86. The Kier molecular flexibility index (Phi) is 4.13. The first-order chi connectivity index (χ1) is 7.54. The molecule has 0 aliphatic rings.